The van der Waals surface area contributed by atoms with Gasteiger partial charge in [0.15, 0.2) is 18.9 Å². The van der Waals surface area contributed by atoms with E-state index < -0.39 is 178 Å². The van der Waals surface area contributed by atoms with Crippen LogP contribution in [0.5, 0.6) is 5.75 Å². The number of amides is 2. The number of aliphatic carboxylic acids is 1. The lowest BCUT2D eigenvalue weighted by Gasteiger charge is -2.51. The highest BCUT2D eigenvalue weighted by molar-refractivity contribution is 5.97. The third-order valence-corrected chi connectivity index (χ3v) is 13.5. The maximum absolute atomic E-state index is 14.2. The number of aromatic hydroxyl groups is 1. The van der Waals surface area contributed by atoms with Crippen LogP contribution in [0.3, 0.4) is 0 Å². The van der Waals surface area contributed by atoms with E-state index in [4.69, 9.17) is 37.9 Å². The quantitative estimate of drug-likeness (QED) is 0.0322. The number of carbonyl (C=O) groups is 4. The molecule has 4 saturated heterocycles. The van der Waals surface area contributed by atoms with Crippen molar-refractivity contribution < 1.29 is 128 Å². The van der Waals surface area contributed by atoms with E-state index >= 15 is 0 Å². The molecule has 4 aliphatic rings. The average molecular weight is 1080 g/mol. The molecule has 0 aliphatic carbocycles. The van der Waals surface area contributed by atoms with Crippen molar-refractivity contribution in [3.8, 4) is 5.75 Å². The number of methoxy groups -OCH3 is 1. The summed E-state index contributed by atoms with van der Waals surface area (Å²) in [6.45, 7) is 0.807. The summed E-state index contributed by atoms with van der Waals surface area (Å²) in [6.07, 6.45) is -31.5. The number of esters is 1. The van der Waals surface area contributed by atoms with Crippen molar-refractivity contribution in [3.05, 3.63) is 29.3 Å². The predicted molar refractivity (Wildman–Crippen MR) is 247 cm³/mol. The van der Waals surface area contributed by atoms with Crippen LogP contribution in [0.4, 0.5) is 0 Å². The van der Waals surface area contributed by atoms with Gasteiger partial charge in [-0.1, -0.05) is 37.3 Å². The number of carbonyl (C=O) groups excluding carboxylic acids is 3. The molecule has 0 aromatic heterocycles. The van der Waals surface area contributed by atoms with Crippen molar-refractivity contribution in [2.45, 2.75) is 200 Å². The normalized spacial score (nSPS) is 37.0. The van der Waals surface area contributed by atoms with Crippen molar-refractivity contribution in [2.24, 2.45) is 0 Å². The van der Waals surface area contributed by atoms with Gasteiger partial charge in [-0.2, -0.15) is 0 Å². The summed E-state index contributed by atoms with van der Waals surface area (Å²) in [6, 6.07) is 0.875. The molecule has 4 fully saturated rings. The molecule has 2 amide bonds. The third-order valence-electron chi connectivity index (χ3n) is 13.5. The summed E-state index contributed by atoms with van der Waals surface area (Å²) < 4.78 is 52.9. The molecule has 28 nitrogen and oxygen atoms in total. The first-order valence-corrected chi connectivity index (χ1v) is 24.7. The van der Waals surface area contributed by atoms with Crippen molar-refractivity contribution in [1.82, 2.24) is 10.6 Å². The van der Waals surface area contributed by atoms with Gasteiger partial charge in [0.2, 0.25) is 5.91 Å². The summed E-state index contributed by atoms with van der Waals surface area (Å²) in [4.78, 5) is 51.0. The maximum Gasteiger partial charge on any atom is 0.364 e. The SMILES string of the molecule is COC(=O)CCCCCCCCO[C@@H]1OC(CO)[C@H](OC2OC(CO)[C@@H](O)C(O[C@]3(C(=O)O)CC(O)[C@@H](NC(C)=O)C(C(O)C(O)CO)O3)C2O)C(O[C@@H]2OC(C)[C@H](O)C(O)C2O)C1NC(=O)c1cc(C)ccc1O. The highest BCUT2D eigenvalue weighted by Crippen LogP contribution is 2.39. The lowest BCUT2D eigenvalue weighted by Crippen LogP contribution is -2.71. The molecule has 5 rings (SSSR count). The average Bonchev–Trinajstić information content (AvgIpc) is 3.38. The van der Waals surface area contributed by atoms with Crippen LogP contribution in [0.2, 0.25) is 0 Å². The van der Waals surface area contributed by atoms with Crippen molar-refractivity contribution in [2.75, 3.05) is 33.5 Å². The fourth-order valence-corrected chi connectivity index (χ4v) is 9.32. The number of hydrogen-bond acceptors (Lipinski definition) is 25. The molecule has 4 heterocycles. The van der Waals surface area contributed by atoms with E-state index in [1.807, 2.05) is 0 Å². The Balaban J connectivity index is 1.52. The molecule has 75 heavy (non-hydrogen) atoms. The minimum absolute atomic E-state index is 0.0418. The van der Waals surface area contributed by atoms with Crippen LogP contribution < -0.4 is 10.6 Å². The Bertz CT molecular complexity index is 2010. The predicted octanol–water partition coefficient (Wildman–Crippen LogP) is -4.99. The van der Waals surface area contributed by atoms with E-state index in [-0.39, 0.29) is 24.6 Å². The first-order chi connectivity index (χ1) is 35.5. The molecule has 428 valence electrons. The fraction of sp³-hybridized carbons (Fsp3) is 0.787. The minimum atomic E-state index is -3.17. The minimum Gasteiger partial charge on any atom is -0.507 e. The fourth-order valence-electron chi connectivity index (χ4n) is 9.32. The molecule has 28 heteroatoms. The topological polar surface area (TPSA) is 438 Å². The maximum atomic E-state index is 14.2. The van der Waals surface area contributed by atoms with Crippen molar-refractivity contribution in [3.63, 3.8) is 0 Å². The standard InChI is InChI=1S/C47H74N2O26/c1-20-12-13-24(54)23(15-20)42(64)49-31-40(73-44-36(62)35(61)32(58)21(2)69-44)38(28(19-52)71-43(31)68-14-10-8-6-5-7-9-11-29(57)67-4)72-45-37(63)41(34(60)27(18-51)70-45)75-47(46(65)66)16-25(55)30(48-22(3)53)39(74-47)33(59)26(56)17-50/h12-13,15,21,25-28,30-41,43-45,50-52,54-56,58-63H,5-11,14,16-19H2,1-4H3,(H,48,53)(H,49,64)(H,65,66)/t21?,25?,26?,27?,28?,30-,31?,32+,33?,34-,35?,36?,37?,38+,39?,40?,41?,43-,44+,45?,47+/m1/s1. The van der Waals surface area contributed by atoms with Gasteiger partial charge in [0, 0.05) is 26.4 Å². The second-order valence-electron chi connectivity index (χ2n) is 19.1. The number of carboxylic acid groups (broad SMARTS) is 1. The molecule has 0 spiro atoms. The molecular formula is C47H74N2O26. The smallest absolute Gasteiger partial charge is 0.364 e. The number of aryl methyl sites for hydroxylation is 1. The van der Waals surface area contributed by atoms with Gasteiger partial charge in [0.25, 0.3) is 11.7 Å². The summed E-state index contributed by atoms with van der Waals surface area (Å²) in [5.41, 5.74) is 0.297. The number of rotatable bonds is 25. The molecule has 1 aromatic rings. The van der Waals surface area contributed by atoms with Gasteiger partial charge in [-0.25, -0.2) is 4.79 Å². The van der Waals surface area contributed by atoms with Crippen LogP contribution in [0, 0.1) is 6.92 Å². The Labute approximate surface area is 430 Å². The largest absolute Gasteiger partial charge is 0.507 e. The molecular weight excluding hydrogens is 1010 g/mol. The molecule has 0 radical (unpaired) electrons. The van der Waals surface area contributed by atoms with Crippen LogP contribution >= 0.6 is 0 Å². The molecule has 0 bridgehead atoms. The van der Waals surface area contributed by atoms with E-state index in [0.29, 0.717) is 24.8 Å². The second kappa shape index (κ2) is 28.1. The molecule has 15 N–H and O–H groups in total. The summed E-state index contributed by atoms with van der Waals surface area (Å²) in [5.74, 6) is -7.73. The zero-order valence-electron chi connectivity index (χ0n) is 41.9. The first kappa shape index (κ1) is 62.0. The first-order valence-electron chi connectivity index (χ1n) is 24.7. The zero-order valence-corrected chi connectivity index (χ0v) is 41.9. The van der Waals surface area contributed by atoms with Gasteiger partial charge < -0.3 is 120 Å². The molecule has 14 unspecified atom stereocenters. The van der Waals surface area contributed by atoms with Crippen LogP contribution in [0.1, 0.15) is 81.1 Å². The Morgan fingerprint density at radius 3 is 2.01 bits per heavy atom. The number of carboxylic acids is 1. The van der Waals surface area contributed by atoms with E-state index in [1.54, 1.807) is 6.92 Å². The number of ether oxygens (including phenoxy) is 9. The van der Waals surface area contributed by atoms with Gasteiger partial charge in [0.05, 0.1) is 50.7 Å². The van der Waals surface area contributed by atoms with Crippen molar-refractivity contribution >= 4 is 23.8 Å². The highest BCUT2D eigenvalue weighted by Gasteiger charge is 2.61. The number of phenolic OH excluding ortho intramolecular Hbond substituents is 1. The number of unbranched alkanes of at least 4 members (excludes halogenated alkanes) is 5. The van der Waals surface area contributed by atoms with Crippen LogP contribution in [-0.2, 0) is 57.0 Å². The molecule has 21 atom stereocenters. The lowest BCUT2D eigenvalue weighted by molar-refractivity contribution is -0.391. The van der Waals surface area contributed by atoms with Gasteiger partial charge in [-0.3, -0.25) is 14.4 Å². The Hall–Kier alpha value is -3.86. The van der Waals surface area contributed by atoms with Gasteiger partial charge in [-0.05, 0) is 38.8 Å². The van der Waals surface area contributed by atoms with Gasteiger partial charge in [0.1, 0.15) is 91.1 Å². The van der Waals surface area contributed by atoms with E-state index in [0.717, 1.165) is 26.2 Å². The molecule has 1 aromatic carbocycles. The summed E-state index contributed by atoms with van der Waals surface area (Å²) in [5, 5.41) is 146. The molecule has 0 saturated carbocycles. The zero-order chi connectivity index (χ0) is 55.5. The highest BCUT2D eigenvalue weighted by atomic mass is 16.8. The Morgan fingerprint density at radius 1 is 0.760 bits per heavy atom. The van der Waals surface area contributed by atoms with Crippen LogP contribution in [-0.4, -0.2) is 252 Å². The van der Waals surface area contributed by atoms with Crippen molar-refractivity contribution in [1.29, 1.82) is 0 Å². The summed E-state index contributed by atoms with van der Waals surface area (Å²) in [7, 11) is 1.31. The van der Waals surface area contributed by atoms with E-state index in [2.05, 4.69) is 15.4 Å². The monoisotopic (exact) mass is 1080 g/mol. The lowest BCUT2D eigenvalue weighted by atomic mass is 9.88. The third kappa shape index (κ3) is 15.2. The Kier molecular flexibility index (Phi) is 23.3. The Morgan fingerprint density at radius 2 is 1.39 bits per heavy atom. The number of nitrogens with one attached hydrogen (secondary N) is 2. The number of benzene rings is 1. The number of hydrogen-bond donors (Lipinski definition) is 15. The second-order valence-corrected chi connectivity index (χ2v) is 19.1. The van der Waals surface area contributed by atoms with E-state index in [9.17, 15) is 85.6 Å². The van der Waals surface area contributed by atoms with Crippen LogP contribution in [0.15, 0.2) is 18.2 Å². The van der Waals surface area contributed by atoms with E-state index in [1.165, 1.54) is 32.2 Å². The van der Waals surface area contributed by atoms with Gasteiger partial charge >= 0.3 is 11.9 Å². The number of aliphatic hydroxyl groups is 11. The van der Waals surface area contributed by atoms with Gasteiger partial charge in [-0.15, -0.1) is 0 Å². The number of phenols is 1. The van der Waals surface area contributed by atoms with Crippen LogP contribution in [0.25, 0.3) is 0 Å². The molecule has 4 aliphatic heterocycles. The number of aliphatic hydroxyl groups excluding tert-OH is 11. The summed E-state index contributed by atoms with van der Waals surface area (Å²) >= 11 is 0.